The van der Waals surface area contributed by atoms with Gasteiger partial charge in [-0.15, -0.1) is 0 Å². The number of para-hydroxylation sites is 1. The molecule has 108 valence electrons. The number of hydrogen-bond acceptors (Lipinski definition) is 4. The Labute approximate surface area is 117 Å². The number of nitrogens with zero attached hydrogens (tertiary/aromatic N) is 2. The van der Waals surface area contributed by atoms with Crippen LogP contribution in [0.1, 0.15) is 43.0 Å². The Hall–Kier alpha value is -2.11. The van der Waals surface area contributed by atoms with E-state index in [9.17, 15) is 14.9 Å². The van der Waals surface area contributed by atoms with Crippen LogP contribution in [0.2, 0.25) is 0 Å². The maximum atomic E-state index is 11.3. The van der Waals surface area contributed by atoms with Gasteiger partial charge in [0.2, 0.25) is 0 Å². The topological polar surface area (TPSA) is 83.7 Å². The molecule has 1 aliphatic rings. The van der Waals surface area contributed by atoms with Crippen LogP contribution in [-0.2, 0) is 0 Å². The van der Waals surface area contributed by atoms with Crippen molar-refractivity contribution in [2.75, 3.05) is 11.4 Å². The van der Waals surface area contributed by atoms with Gasteiger partial charge in [0.05, 0.1) is 4.92 Å². The molecule has 1 fully saturated rings. The van der Waals surface area contributed by atoms with E-state index in [0.29, 0.717) is 5.69 Å². The molecule has 0 aliphatic carbocycles. The third-order valence-corrected chi connectivity index (χ3v) is 3.79. The van der Waals surface area contributed by atoms with E-state index in [0.717, 1.165) is 32.2 Å². The summed E-state index contributed by atoms with van der Waals surface area (Å²) >= 11 is 0. The molecule has 0 aromatic heterocycles. The standard InChI is InChI=1S/C14H18N2O4/c1-10-6-3-2-4-9-15(10)12-8-5-7-11(14(17)18)13(12)16(19)20/h5,7-8,10H,2-4,6,9H2,1H3,(H,17,18). The van der Waals surface area contributed by atoms with Crippen molar-refractivity contribution < 1.29 is 14.8 Å². The largest absolute Gasteiger partial charge is 0.477 e. The summed E-state index contributed by atoms with van der Waals surface area (Å²) in [6, 6.07) is 4.68. The maximum absolute atomic E-state index is 11.3. The fraction of sp³-hybridized carbons (Fsp3) is 0.500. The van der Waals surface area contributed by atoms with E-state index in [1.165, 1.54) is 6.07 Å². The molecule has 0 bridgehead atoms. The number of benzene rings is 1. The van der Waals surface area contributed by atoms with Gasteiger partial charge in [-0.25, -0.2) is 4.79 Å². The second-order valence-corrected chi connectivity index (χ2v) is 5.13. The number of aromatic carboxylic acids is 1. The summed E-state index contributed by atoms with van der Waals surface area (Å²) in [7, 11) is 0. The number of hydrogen-bond donors (Lipinski definition) is 1. The first kappa shape index (κ1) is 14.3. The zero-order valence-corrected chi connectivity index (χ0v) is 11.4. The van der Waals surface area contributed by atoms with Gasteiger partial charge >= 0.3 is 11.7 Å². The first-order valence-electron chi connectivity index (χ1n) is 6.79. The van der Waals surface area contributed by atoms with Gasteiger partial charge in [0, 0.05) is 12.6 Å². The van der Waals surface area contributed by atoms with Gasteiger partial charge in [-0.1, -0.05) is 18.9 Å². The second-order valence-electron chi connectivity index (χ2n) is 5.13. The van der Waals surface area contributed by atoms with Gasteiger partial charge in [-0.05, 0) is 31.9 Å². The second kappa shape index (κ2) is 5.90. The Morgan fingerprint density at radius 2 is 2.15 bits per heavy atom. The number of rotatable bonds is 3. The van der Waals surface area contributed by atoms with E-state index < -0.39 is 10.9 Å². The molecule has 1 aromatic rings. The predicted molar refractivity (Wildman–Crippen MR) is 75.3 cm³/mol. The Morgan fingerprint density at radius 1 is 1.40 bits per heavy atom. The highest BCUT2D eigenvalue weighted by atomic mass is 16.6. The minimum Gasteiger partial charge on any atom is -0.477 e. The van der Waals surface area contributed by atoms with E-state index in [4.69, 9.17) is 5.11 Å². The van der Waals surface area contributed by atoms with Crippen molar-refractivity contribution in [1.29, 1.82) is 0 Å². The molecule has 1 N–H and O–H groups in total. The number of carbonyl (C=O) groups is 1. The van der Waals surface area contributed by atoms with Gasteiger partial charge in [-0.2, -0.15) is 0 Å². The lowest BCUT2D eigenvalue weighted by Crippen LogP contribution is -2.33. The van der Waals surface area contributed by atoms with Crippen LogP contribution < -0.4 is 4.90 Å². The minimum absolute atomic E-state index is 0.181. The Bertz CT molecular complexity index is 530. The van der Waals surface area contributed by atoms with E-state index in [2.05, 4.69) is 0 Å². The molecule has 1 unspecified atom stereocenters. The average Bonchev–Trinajstić information content (AvgIpc) is 2.62. The highest BCUT2D eigenvalue weighted by Gasteiger charge is 2.29. The summed E-state index contributed by atoms with van der Waals surface area (Å²) < 4.78 is 0. The molecule has 6 heteroatoms. The van der Waals surface area contributed by atoms with Crippen molar-refractivity contribution in [3.05, 3.63) is 33.9 Å². The summed E-state index contributed by atoms with van der Waals surface area (Å²) in [5, 5.41) is 20.4. The Morgan fingerprint density at radius 3 is 2.80 bits per heavy atom. The van der Waals surface area contributed by atoms with Crippen molar-refractivity contribution in [2.24, 2.45) is 0 Å². The summed E-state index contributed by atoms with van der Waals surface area (Å²) in [5.41, 5.74) is -0.123. The van der Waals surface area contributed by atoms with E-state index in [1.807, 2.05) is 11.8 Å². The van der Waals surface area contributed by atoms with Crippen molar-refractivity contribution in [3.63, 3.8) is 0 Å². The molecule has 0 radical (unpaired) electrons. The first-order chi connectivity index (χ1) is 9.52. The van der Waals surface area contributed by atoms with Crippen LogP contribution in [0.15, 0.2) is 18.2 Å². The predicted octanol–water partition coefficient (Wildman–Crippen LogP) is 3.06. The number of carboxylic acids is 1. The number of anilines is 1. The summed E-state index contributed by atoms with van der Waals surface area (Å²) in [6.07, 6.45) is 4.14. The molecule has 0 saturated carbocycles. The lowest BCUT2D eigenvalue weighted by Gasteiger charge is -2.29. The lowest BCUT2D eigenvalue weighted by molar-refractivity contribution is -0.384. The Balaban J connectivity index is 2.52. The van der Waals surface area contributed by atoms with Crippen LogP contribution in [0.5, 0.6) is 0 Å². The van der Waals surface area contributed by atoms with Crippen LogP contribution in [0, 0.1) is 10.1 Å². The summed E-state index contributed by atoms with van der Waals surface area (Å²) in [6.45, 7) is 2.76. The van der Waals surface area contributed by atoms with Crippen LogP contribution >= 0.6 is 0 Å². The zero-order valence-electron chi connectivity index (χ0n) is 11.4. The normalized spacial score (nSPS) is 19.4. The van der Waals surface area contributed by atoms with Crippen molar-refractivity contribution in [3.8, 4) is 0 Å². The zero-order chi connectivity index (χ0) is 14.7. The smallest absolute Gasteiger partial charge is 0.342 e. The molecule has 0 amide bonds. The van der Waals surface area contributed by atoms with Crippen LogP contribution in [0.4, 0.5) is 11.4 Å². The average molecular weight is 278 g/mol. The fourth-order valence-electron chi connectivity index (χ4n) is 2.76. The van der Waals surface area contributed by atoms with Gasteiger partial charge in [0.25, 0.3) is 0 Å². The highest BCUT2D eigenvalue weighted by molar-refractivity contribution is 5.95. The SMILES string of the molecule is CC1CCCCCN1c1cccc(C(=O)O)c1[N+](=O)[O-]. The maximum Gasteiger partial charge on any atom is 0.342 e. The first-order valence-corrected chi connectivity index (χ1v) is 6.79. The molecule has 0 spiro atoms. The molecular formula is C14H18N2O4. The van der Waals surface area contributed by atoms with E-state index >= 15 is 0 Å². The molecule has 6 nitrogen and oxygen atoms in total. The van der Waals surface area contributed by atoms with Gasteiger partial charge in [0.1, 0.15) is 11.3 Å². The third-order valence-electron chi connectivity index (χ3n) is 3.79. The monoisotopic (exact) mass is 278 g/mol. The highest BCUT2D eigenvalue weighted by Crippen LogP contribution is 2.35. The van der Waals surface area contributed by atoms with Crippen LogP contribution in [-0.4, -0.2) is 28.6 Å². The lowest BCUT2D eigenvalue weighted by atomic mass is 10.1. The number of nitro groups is 1. The van der Waals surface area contributed by atoms with Gasteiger partial charge in [0.15, 0.2) is 0 Å². The van der Waals surface area contributed by atoms with E-state index in [1.54, 1.807) is 12.1 Å². The fourth-order valence-corrected chi connectivity index (χ4v) is 2.76. The molecule has 1 aliphatic heterocycles. The van der Waals surface area contributed by atoms with Crippen LogP contribution in [0.25, 0.3) is 0 Å². The van der Waals surface area contributed by atoms with Gasteiger partial charge < -0.3 is 10.0 Å². The molecule has 1 heterocycles. The molecule has 1 atom stereocenters. The molecule has 1 saturated heterocycles. The van der Waals surface area contributed by atoms with Gasteiger partial charge in [-0.3, -0.25) is 10.1 Å². The summed E-state index contributed by atoms with van der Waals surface area (Å²) in [5.74, 6) is -1.26. The molecular weight excluding hydrogens is 260 g/mol. The van der Waals surface area contributed by atoms with Crippen molar-refractivity contribution >= 4 is 17.3 Å². The number of nitro benzene ring substituents is 1. The quantitative estimate of drug-likeness (QED) is 0.678. The Kier molecular flexibility index (Phi) is 4.22. The minimum atomic E-state index is -1.26. The summed E-state index contributed by atoms with van der Waals surface area (Å²) in [4.78, 5) is 23.9. The molecule has 20 heavy (non-hydrogen) atoms. The number of carboxylic acid groups (broad SMARTS) is 1. The third kappa shape index (κ3) is 2.74. The molecule has 1 aromatic carbocycles. The van der Waals surface area contributed by atoms with Crippen LogP contribution in [0.3, 0.4) is 0 Å². The van der Waals surface area contributed by atoms with Crippen molar-refractivity contribution in [1.82, 2.24) is 0 Å². The van der Waals surface area contributed by atoms with Crippen molar-refractivity contribution in [2.45, 2.75) is 38.6 Å². The molecule has 2 rings (SSSR count). The van der Waals surface area contributed by atoms with E-state index in [-0.39, 0.29) is 17.3 Å².